The van der Waals surface area contributed by atoms with Crippen LogP contribution in [-0.4, -0.2) is 22.1 Å². The number of hydrogen-bond donors (Lipinski definition) is 2. The average molecular weight is 248 g/mol. The zero-order valence-electron chi connectivity index (χ0n) is 10.4. The monoisotopic (exact) mass is 248 g/mol. The standard InChI is InChI=1S/C13H16N2O3/c1-8(2)7-10(12(16)17)15-13-14-9-5-3-4-6-11(9)18-13/h3-6,8,10H,7H2,1-2H3,(H,14,15)(H,16,17)/t10-/m0/s1. The van der Waals surface area contributed by atoms with Crippen molar-refractivity contribution < 1.29 is 14.3 Å². The number of anilines is 1. The number of oxazole rings is 1. The molecule has 0 fully saturated rings. The summed E-state index contributed by atoms with van der Waals surface area (Å²) in [6.07, 6.45) is 0.522. The van der Waals surface area contributed by atoms with Gasteiger partial charge in [-0.25, -0.2) is 4.79 Å². The number of nitrogens with zero attached hydrogens (tertiary/aromatic N) is 1. The lowest BCUT2D eigenvalue weighted by Crippen LogP contribution is -2.30. The first-order valence-electron chi connectivity index (χ1n) is 5.91. The van der Waals surface area contributed by atoms with Crippen LogP contribution in [0.2, 0.25) is 0 Å². The van der Waals surface area contributed by atoms with Gasteiger partial charge in [-0.05, 0) is 24.5 Å². The number of fused-ring (bicyclic) bond motifs is 1. The molecule has 5 heteroatoms. The van der Waals surface area contributed by atoms with Crippen molar-refractivity contribution in [2.24, 2.45) is 5.92 Å². The van der Waals surface area contributed by atoms with Gasteiger partial charge in [0.2, 0.25) is 0 Å². The van der Waals surface area contributed by atoms with Crippen LogP contribution in [0.1, 0.15) is 20.3 Å². The third kappa shape index (κ3) is 2.80. The SMILES string of the molecule is CC(C)C[C@H](Nc1nc2ccccc2o1)C(=O)O. The summed E-state index contributed by atoms with van der Waals surface area (Å²) in [7, 11) is 0. The van der Waals surface area contributed by atoms with Crippen molar-refractivity contribution in [3.05, 3.63) is 24.3 Å². The summed E-state index contributed by atoms with van der Waals surface area (Å²) in [5.41, 5.74) is 1.36. The summed E-state index contributed by atoms with van der Waals surface area (Å²) in [5.74, 6) is -0.617. The van der Waals surface area contributed by atoms with E-state index in [1.807, 2.05) is 32.0 Å². The van der Waals surface area contributed by atoms with Gasteiger partial charge in [-0.2, -0.15) is 4.98 Å². The number of carboxylic acids is 1. The number of rotatable bonds is 5. The molecule has 5 nitrogen and oxygen atoms in total. The normalized spacial score (nSPS) is 12.8. The van der Waals surface area contributed by atoms with Gasteiger partial charge in [-0.3, -0.25) is 0 Å². The van der Waals surface area contributed by atoms with Crippen molar-refractivity contribution in [1.29, 1.82) is 0 Å². The number of carboxylic acid groups (broad SMARTS) is 1. The quantitative estimate of drug-likeness (QED) is 0.850. The van der Waals surface area contributed by atoms with Crippen LogP contribution in [0, 0.1) is 5.92 Å². The molecule has 0 unspecified atom stereocenters. The first kappa shape index (κ1) is 12.4. The molecule has 2 aromatic rings. The van der Waals surface area contributed by atoms with Gasteiger partial charge in [0.25, 0.3) is 6.01 Å². The molecule has 2 N–H and O–H groups in total. The smallest absolute Gasteiger partial charge is 0.326 e. The van der Waals surface area contributed by atoms with Crippen LogP contribution in [0.3, 0.4) is 0 Å². The predicted octanol–water partition coefficient (Wildman–Crippen LogP) is 2.74. The molecule has 96 valence electrons. The molecular formula is C13H16N2O3. The van der Waals surface area contributed by atoms with E-state index < -0.39 is 12.0 Å². The molecule has 0 bridgehead atoms. The molecule has 1 aromatic heterocycles. The highest BCUT2D eigenvalue weighted by Crippen LogP contribution is 2.20. The molecule has 18 heavy (non-hydrogen) atoms. The molecule has 0 saturated heterocycles. The van der Waals surface area contributed by atoms with Crippen molar-refractivity contribution in [3.8, 4) is 0 Å². The number of carbonyl (C=O) groups is 1. The van der Waals surface area contributed by atoms with Gasteiger partial charge in [0.15, 0.2) is 5.58 Å². The van der Waals surface area contributed by atoms with Crippen molar-refractivity contribution >= 4 is 23.1 Å². The number of nitrogens with one attached hydrogen (secondary N) is 1. The zero-order valence-corrected chi connectivity index (χ0v) is 10.4. The Hall–Kier alpha value is -2.04. The van der Waals surface area contributed by atoms with Gasteiger partial charge in [0, 0.05) is 0 Å². The largest absolute Gasteiger partial charge is 0.480 e. The molecule has 1 aromatic carbocycles. The first-order valence-corrected chi connectivity index (χ1v) is 5.91. The van der Waals surface area contributed by atoms with E-state index in [0.29, 0.717) is 17.5 Å². The summed E-state index contributed by atoms with van der Waals surface area (Å²) in [4.78, 5) is 15.3. The van der Waals surface area contributed by atoms with E-state index in [0.717, 1.165) is 0 Å². The third-order valence-electron chi connectivity index (χ3n) is 2.60. The number of hydrogen-bond acceptors (Lipinski definition) is 4. The molecule has 0 saturated carbocycles. The highest BCUT2D eigenvalue weighted by molar-refractivity contribution is 5.78. The van der Waals surface area contributed by atoms with Crippen molar-refractivity contribution in [2.45, 2.75) is 26.3 Å². The summed E-state index contributed by atoms with van der Waals surface area (Å²) >= 11 is 0. The Morgan fingerprint density at radius 2 is 2.17 bits per heavy atom. The highest BCUT2D eigenvalue weighted by atomic mass is 16.4. The second-order valence-electron chi connectivity index (χ2n) is 4.65. The van der Waals surface area contributed by atoms with Gasteiger partial charge in [0.1, 0.15) is 11.6 Å². The number of aromatic nitrogens is 1. The summed E-state index contributed by atoms with van der Waals surface area (Å²) in [6.45, 7) is 3.95. The first-order chi connectivity index (χ1) is 8.56. The number of aliphatic carboxylic acids is 1. The molecule has 0 spiro atoms. The Morgan fingerprint density at radius 1 is 1.44 bits per heavy atom. The van der Waals surface area contributed by atoms with Gasteiger partial charge < -0.3 is 14.8 Å². The fourth-order valence-electron chi connectivity index (χ4n) is 1.78. The van der Waals surface area contributed by atoms with Crippen LogP contribution < -0.4 is 5.32 Å². The van der Waals surface area contributed by atoms with Crippen LogP contribution in [-0.2, 0) is 4.79 Å². The summed E-state index contributed by atoms with van der Waals surface area (Å²) in [5, 5.41) is 11.9. The number of para-hydroxylation sites is 2. The summed E-state index contributed by atoms with van der Waals surface area (Å²) in [6, 6.07) is 6.90. The zero-order chi connectivity index (χ0) is 13.1. The maximum absolute atomic E-state index is 11.1. The fourth-order valence-corrected chi connectivity index (χ4v) is 1.78. The third-order valence-corrected chi connectivity index (χ3v) is 2.60. The van der Waals surface area contributed by atoms with Crippen LogP contribution in [0.15, 0.2) is 28.7 Å². The molecule has 0 aliphatic heterocycles. The lowest BCUT2D eigenvalue weighted by Gasteiger charge is -2.14. The maximum atomic E-state index is 11.1. The minimum absolute atomic E-state index is 0.254. The topological polar surface area (TPSA) is 75.4 Å². The van der Waals surface area contributed by atoms with Crippen molar-refractivity contribution in [1.82, 2.24) is 4.98 Å². The molecule has 1 heterocycles. The van der Waals surface area contributed by atoms with Crippen molar-refractivity contribution in [3.63, 3.8) is 0 Å². The van der Waals surface area contributed by atoms with Crippen molar-refractivity contribution in [2.75, 3.05) is 5.32 Å². The van der Waals surface area contributed by atoms with Gasteiger partial charge in [0.05, 0.1) is 0 Å². The van der Waals surface area contributed by atoms with Gasteiger partial charge >= 0.3 is 5.97 Å². The highest BCUT2D eigenvalue weighted by Gasteiger charge is 2.20. The average Bonchev–Trinajstić information content (AvgIpc) is 2.69. The molecule has 2 rings (SSSR count). The molecule has 0 radical (unpaired) electrons. The Morgan fingerprint density at radius 3 is 2.78 bits per heavy atom. The van der Waals surface area contributed by atoms with Gasteiger partial charge in [-0.15, -0.1) is 0 Å². The molecule has 0 amide bonds. The Labute approximate surface area is 105 Å². The minimum Gasteiger partial charge on any atom is -0.480 e. The Kier molecular flexibility index (Phi) is 3.50. The molecule has 1 atom stereocenters. The van der Waals surface area contributed by atoms with E-state index in [-0.39, 0.29) is 11.9 Å². The van der Waals surface area contributed by atoms with Crippen LogP contribution in [0.5, 0.6) is 0 Å². The minimum atomic E-state index is -0.897. The van der Waals surface area contributed by atoms with E-state index in [1.54, 1.807) is 6.07 Å². The van der Waals surface area contributed by atoms with E-state index in [2.05, 4.69) is 10.3 Å². The van der Waals surface area contributed by atoms with E-state index in [1.165, 1.54) is 0 Å². The Balaban J connectivity index is 2.17. The predicted molar refractivity (Wildman–Crippen MR) is 68.5 cm³/mol. The van der Waals surface area contributed by atoms with Gasteiger partial charge in [-0.1, -0.05) is 26.0 Å². The molecule has 0 aliphatic carbocycles. The van der Waals surface area contributed by atoms with E-state index in [9.17, 15) is 4.79 Å². The van der Waals surface area contributed by atoms with Crippen LogP contribution in [0.4, 0.5) is 6.01 Å². The van der Waals surface area contributed by atoms with Crippen LogP contribution in [0.25, 0.3) is 11.1 Å². The number of benzene rings is 1. The lowest BCUT2D eigenvalue weighted by atomic mass is 10.0. The van der Waals surface area contributed by atoms with E-state index >= 15 is 0 Å². The molecule has 0 aliphatic rings. The van der Waals surface area contributed by atoms with E-state index in [4.69, 9.17) is 9.52 Å². The lowest BCUT2D eigenvalue weighted by molar-refractivity contribution is -0.138. The second-order valence-corrected chi connectivity index (χ2v) is 4.65. The molecular weight excluding hydrogens is 232 g/mol. The maximum Gasteiger partial charge on any atom is 0.326 e. The van der Waals surface area contributed by atoms with Crippen LogP contribution >= 0.6 is 0 Å². The summed E-state index contributed by atoms with van der Waals surface area (Å²) < 4.78 is 5.44. The fraction of sp³-hybridized carbons (Fsp3) is 0.385. The second kappa shape index (κ2) is 5.08. The Bertz CT molecular complexity index is 515.